The molecule has 0 amide bonds. The van der Waals surface area contributed by atoms with E-state index in [2.05, 4.69) is 21.6 Å². The van der Waals surface area contributed by atoms with E-state index in [1.54, 1.807) is 0 Å². The molecule has 2 N–H and O–H groups in total. The van der Waals surface area contributed by atoms with E-state index >= 15 is 0 Å². The fraction of sp³-hybridized carbons (Fsp3) is 0.818. The normalized spacial score (nSPS) is 30.2. The molecule has 0 aromatic carbocycles. The molecule has 1 saturated carbocycles. The first-order valence-electron chi connectivity index (χ1n) is 5.95. The maximum absolute atomic E-state index is 10.4. The second kappa shape index (κ2) is 5.10. The predicted molar refractivity (Wildman–Crippen MR) is 65.6 cm³/mol. The van der Waals surface area contributed by atoms with Crippen LogP contribution < -0.4 is 5.32 Å². The third-order valence-electron chi connectivity index (χ3n) is 3.54. The molecule has 2 rings (SSSR count). The number of nitrogens with zero attached hydrogens (tertiary/aromatic N) is 2. The van der Waals surface area contributed by atoms with Crippen molar-refractivity contribution in [1.82, 2.24) is 9.36 Å². The summed E-state index contributed by atoms with van der Waals surface area (Å²) in [5.74, 6) is 0.807. The molecular formula is C11H19N3OS. The van der Waals surface area contributed by atoms with E-state index in [1.807, 2.05) is 0 Å². The van der Waals surface area contributed by atoms with Gasteiger partial charge < -0.3 is 10.4 Å². The van der Waals surface area contributed by atoms with Crippen LogP contribution in [0.15, 0.2) is 6.33 Å². The topological polar surface area (TPSA) is 58.0 Å². The average molecular weight is 241 g/mol. The van der Waals surface area contributed by atoms with Gasteiger partial charge in [0.05, 0.1) is 5.60 Å². The molecule has 5 heteroatoms. The van der Waals surface area contributed by atoms with Crippen molar-refractivity contribution < 1.29 is 5.11 Å². The third kappa shape index (κ3) is 2.92. The highest BCUT2D eigenvalue weighted by Gasteiger charge is 2.32. The van der Waals surface area contributed by atoms with Crippen LogP contribution in [0.1, 0.15) is 39.0 Å². The van der Waals surface area contributed by atoms with Gasteiger partial charge >= 0.3 is 0 Å². The van der Waals surface area contributed by atoms with Gasteiger partial charge in [-0.25, -0.2) is 4.98 Å². The lowest BCUT2D eigenvalue weighted by Gasteiger charge is -2.35. The van der Waals surface area contributed by atoms with Gasteiger partial charge in [-0.2, -0.15) is 4.37 Å². The molecule has 0 radical (unpaired) electrons. The van der Waals surface area contributed by atoms with Crippen LogP contribution >= 0.6 is 11.5 Å². The zero-order valence-electron chi connectivity index (χ0n) is 9.65. The smallest absolute Gasteiger partial charge is 0.202 e. The lowest BCUT2D eigenvalue weighted by Crippen LogP contribution is -2.40. The molecule has 0 saturated heterocycles. The number of hydrogen-bond acceptors (Lipinski definition) is 5. The maximum atomic E-state index is 10.4. The van der Waals surface area contributed by atoms with E-state index in [-0.39, 0.29) is 0 Å². The molecule has 1 fully saturated rings. The summed E-state index contributed by atoms with van der Waals surface area (Å²) < 4.78 is 3.92. The lowest BCUT2D eigenvalue weighted by molar-refractivity contribution is 0.00229. The molecule has 0 spiro atoms. The summed E-state index contributed by atoms with van der Waals surface area (Å²) in [4.78, 5) is 4.05. The van der Waals surface area contributed by atoms with Gasteiger partial charge in [0.1, 0.15) is 6.33 Å². The van der Waals surface area contributed by atoms with Crippen LogP contribution in [-0.2, 0) is 0 Å². The van der Waals surface area contributed by atoms with Crippen molar-refractivity contribution in [2.75, 3.05) is 11.9 Å². The van der Waals surface area contributed by atoms with E-state index < -0.39 is 5.60 Å². The zero-order chi connectivity index (χ0) is 11.4. The number of aromatic nitrogens is 2. The molecule has 1 heterocycles. The molecule has 1 aliphatic carbocycles. The average Bonchev–Trinajstić information content (AvgIpc) is 2.81. The Bertz CT molecular complexity index is 307. The first kappa shape index (κ1) is 11.8. The summed E-state index contributed by atoms with van der Waals surface area (Å²) in [6.07, 6.45) is 6.86. The van der Waals surface area contributed by atoms with E-state index in [4.69, 9.17) is 0 Å². The molecule has 16 heavy (non-hydrogen) atoms. The highest BCUT2D eigenvalue weighted by molar-refractivity contribution is 7.09. The first-order chi connectivity index (χ1) is 7.72. The second-order valence-corrected chi connectivity index (χ2v) is 5.46. The molecular weight excluding hydrogens is 222 g/mol. The standard InChI is InChI=1S/C11H19N3OS/c1-2-9-3-5-11(15,6-4-9)7-12-10-13-8-14-16-10/h8-9,15H,2-7H2,1H3,(H,12,13,14). The molecule has 1 aliphatic rings. The van der Waals surface area contributed by atoms with Crippen LogP contribution in [0, 0.1) is 5.92 Å². The van der Waals surface area contributed by atoms with E-state index in [0.29, 0.717) is 6.54 Å². The van der Waals surface area contributed by atoms with Gasteiger partial charge in [-0.3, -0.25) is 0 Å². The van der Waals surface area contributed by atoms with Crippen molar-refractivity contribution in [2.45, 2.75) is 44.6 Å². The molecule has 90 valence electrons. The number of hydrogen-bond donors (Lipinski definition) is 2. The van der Waals surface area contributed by atoms with Gasteiger partial charge in [0, 0.05) is 18.1 Å². The Morgan fingerprint density at radius 2 is 2.31 bits per heavy atom. The fourth-order valence-corrected chi connectivity index (χ4v) is 2.72. The maximum Gasteiger partial charge on any atom is 0.202 e. The van der Waals surface area contributed by atoms with Crippen molar-refractivity contribution >= 4 is 16.7 Å². The highest BCUT2D eigenvalue weighted by atomic mass is 32.1. The third-order valence-corrected chi connectivity index (χ3v) is 4.17. The minimum atomic E-state index is -0.544. The summed E-state index contributed by atoms with van der Waals surface area (Å²) in [7, 11) is 0. The van der Waals surface area contributed by atoms with Crippen LogP contribution in [-0.4, -0.2) is 26.6 Å². The quantitative estimate of drug-likeness (QED) is 0.849. The van der Waals surface area contributed by atoms with Gasteiger partial charge in [-0.1, -0.05) is 13.3 Å². The van der Waals surface area contributed by atoms with Crippen molar-refractivity contribution in [2.24, 2.45) is 5.92 Å². The number of anilines is 1. The molecule has 0 unspecified atom stereocenters. The SMILES string of the molecule is CCC1CCC(O)(CNc2ncns2)CC1. The minimum absolute atomic E-state index is 0.544. The van der Waals surface area contributed by atoms with Crippen molar-refractivity contribution in [3.63, 3.8) is 0 Å². The van der Waals surface area contributed by atoms with Gasteiger partial charge in [0.25, 0.3) is 0 Å². The Morgan fingerprint density at radius 3 is 2.88 bits per heavy atom. The number of aliphatic hydroxyl groups is 1. The molecule has 0 aliphatic heterocycles. The van der Waals surface area contributed by atoms with E-state index in [0.717, 1.165) is 36.7 Å². The molecule has 0 bridgehead atoms. The van der Waals surface area contributed by atoms with Crippen LogP contribution in [0.25, 0.3) is 0 Å². The van der Waals surface area contributed by atoms with E-state index in [1.165, 1.54) is 24.3 Å². The number of rotatable bonds is 4. The molecule has 0 atom stereocenters. The summed E-state index contributed by atoms with van der Waals surface area (Å²) in [5.41, 5.74) is -0.544. The van der Waals surface area contributed by atoms with Crippen LogP contribution in [0.3, 0.4) is 0 Å². The Kier molecular flexibility index (Phi) is 3.76. The molecule has 4 nitrogen and oxygen atoms in total. The van der Waals surface area contributed by atoms with Crippen LogP contribution in [0.5, 0.6) is 0 Å². The summed E-state index contributed by atoms with van der Waals surface area (Å²) >= 11 is 1.33. The summed E-state index contributed by atoms with van der Waals surface area (Å²) in [5, 5.41) is 14.3. The zero-order valence-corrected chi connectivity index (χ0v) is 10.5. The van der Waals surface area contributed by atoms with Gasteiger partial charge in [-0.05, 0) is 31.6 Å². The van der Waals surface area contributed by atoms with Crippen LogP contribution in [0.4, 0.5) is 5.13 Å². The van der Waals surface area contributed by atoms with Gasteiger partial charge in [0.15, 0.2) is 0 Å². The fourth-order valence-electron chi connectivity index (χ4n) is 2.29. The Morgan fingerprint density at radius 1 is 1.56 bits per heavy atom. The van der Waals surface area contributed by atoms with Crippen LogP contribution in [0.2, 0.25) is 0 Å². The van der Waals surface area contributed by atoms with Crippen molar-refractivity contribution in [3.8, 4) is 0 Å². The first-order valence-corrected chi connectivity index (χ1v) is 6.72. The Balaban J connectivity index is 1.80. The molecule has 1 aromatic heterocycles. The monoisotopic (exact) mass is 241 g/mol. The minimum Gasteiger partial charge on any atom is -0.388 e. The van der Waals surface area contributed by atoms with E-state index in [9.17, 15) is 5.11 Å². The van der Waals surface area contributed by atoms with Crippen molar-refractivity contribution in [1.29, 1.82) is 0 Å². The Labute approximate surface area is 100 Å². The number of nitrogens with one attached hydrogen (secondary N) is 1. The predicted octanol–water partition coefficient (Wildman–Crippen LogP) is 2.28. The lowest BCUT2D eigenvalue weighted by atomic mass is 9.78. The molecule has 1 aromatic rings. The Hall–Kier alpha value is -0.680. The van der Waals surface area contributed by atoms with Gasteiger partial charge in [-0.15, -0.1) is 0 Å². The van der Waals surface area contributed by atoms with Gasteiger partial charge in [0.2, 0.25) is 5.13 Å². The summed E-state index contributed by atoms with van der Waals surface area (Å²) in [6, 6.07) is 0. The highest BCUT2D eigenvalue weighted by Crippen LogP contribution is 2.33. The summed E-state index contributed by atoms with van der Waals surface area (Å²) in [6.45, 7) is 2.83. The second-order valence-electron chi connectivity index (χ2n) is 4.68. The largest absolute Gasteiger partial charge is 0.388 e. The van der Waals surface area contributed by atoms with Crippen molar-refractivity contribution in [3.05, 3.63) is 6.33 Å².